The molecule has 6 heteroatoms. The maximum Gasteiger partial charge on any atom is 0.170 e. The summed E-state index contributed by atoms with van der Waals surface area (Å²) in [6.45, 7) is 2.36. The molecule has 4 N–H and O–H groups in total. The Balaban J connectivity index is 2.93. The zero-order valence-corrected chi connectivity index (χ0v) is 10.5. The van der Waals surface area contributed by atoms with Crippen LogP contribution in [-0.2, 0) is 6.54 Å². The number of oxime groups is 1. The quantitative estimate of drug-likeness (QED) is 0.313. The zero-order valence-electron chi connectivity index (χ0n) is 10.5. The molecule has 1 aromatic rings. The SMILES string of the molecule is CC(CO)N(C)Cc1cc(F)cc(/C(N)=N/O)c1. The number of hydrogen-bond donors (Lipinski definition) is 3. The molecule has 0 aliphatic carbocycles. The van der Waals surface area contributed by atoms with Gasteiger partial charge in [-0.25, -0.2) is 4.39 Å². The molecule has 1 rings (SSSR count). The third kappa shape index (κ3) is 3.68. The Morgan fingerprint density at radius 3 is 2.72 bits per heavy atom. The second-order valence-corrected chi connectivity index (χ2v) is 4.28. The number of rotatable bonds is 5. The molecule has 18 heavy (non-hydrogen) atoms. The molecule has 1 aromatic carbocycles. The van der Waals surface area contributed by atoms with Crippen molar-refractivity contribution in [3.05, 3.63) is 35.1 Å². The lowest BCUT2D eigenvalue weighted by Crippen LogP contribution is -2.31. The number of aliphatic hydroxyl groups is 1. The topological polar surface area (TPSA) is 82.1 Å². The molecule has 0 bridgehead atoms. The Morgan fingerprint density at radius 2 is 2.17 bits per heavy atom. The number of likely N-dealkylation sites (N-methyl/N-ethyl adjacent to an activating group) is 1. The summed E-state index contributed by atoms with van der Waals surface area (Å²) in [5.41, 5.74) is 6.45. The van der Waals surface area contributed by atoms with Crippen LogP contribution in [0.4, 0.5) is 4.39 Å². The van der Waals surface area contributed by atoms with Gasteiger partial charge in [-0.1, -0.05) is 5.16 Å². The monoisotopic (exact) mass is 255 g/mol. The Hall–Kier alpha value is -1.66. The van der Waals surface area contributed by atoms with Crippen LogP contribution in [0, 0.1) is 5.82 Å². The van der Waals surface area contributed by atoms with Gasteiger partial charge in [-0.2, -0.15) is 0 Å². The first-order valence-electron chi connectivity index (χ1n) is 5.56. The van der Waals surface area contributed by atoms with E-state index in [1.165, 1.54) is 12.1 Å². The highest BCUT2D eigenvalue weighted by Crippen LogP contribution is 2.12. The van der Waals surface area contributed by atoms with E-state index in [2.05, 4.69) is 5.16 Å². The minimum Gasteiger partial charge on any atom is -0.409 e. The fourth-order valence-electron chi connectivity index (χ4n) is 1.53. The number of aliphatic hydroxyl groups excluding tert-OH is 1. The summed E-state index contributed by atoms with van der Waals surface area (Å²) in [4.78, 5) is 1.88. The Morgan fingerprint density at radius 1 is 1.50 bits per heavy atom. The fourth-order valence-corrected chi connectivity index (χ4v) is 1.53. The minimum atomic E-state index is -0.445. The molecule has 100 valence electrons. The molecule has 5 nitrogen and oxygen atoms in total. The van der Waals surface area contributed by atoms with E-state index in [9.17, 15) is 4.39 Å². The summed E-state index contributed by atoms with van der Waals surface area (Å²) in [5.74, 6) is -0.576. The number of nitrogens with zero attached hydrogens (tertiary/aromatic N) is 2. The highest BCUT2D eigenvalue weighted by molar-refractivity contribution is 5.97. The predicted molar refractivity (Wildman–Crippen MR) is 66.9 cm³/mol. The molecule has 1 atom stereocenters. The lowest BCUT2D eigenvalue weighted by molar-refractivity contribution is 0.154. The third-order valence-electron chi connectivity index (χ3n) is 2.81. The van der Waals surface area contributed by atoms with Crippen molar-refractivity contribution in [3.8, 4) is 0 Å². The van der Waals surface area contributed by atoms with Gasteiger partial charge in [0.2, 0.25) is 0 Å². The Bertz CT molecular complexity index is 437. The first kappa shape index (κ1) is 14.4. The van der Waals surface area contributed by atoms with E-state index in [-0.39, 0.29) is 18.5 Å². The summed E-state index contributed by atoms with van der Waals surface area (Å²) in [7, 11) is 1.83. The summed E-state index contributed by atoms with van der Waals surface area (Å²) >= 11 is 0. The van der Waals surface area contributed by atoms with Gasteiger partial charge < -0.3 is 16.0 Å². The third-order valence-corrected chi connectivity index (χ3v) is 2.81. The van der Waals surface area contributed by atoms with Gasteiger partial charge in [-0.05, 0) is 37.7 Å². The number of amidine groups is 1. The van der Waals surface area contributed by atoms with Crippen molar-refractivity contribution < 1.29 is 14.7 Å². The van der Waals surface area contributed by atoms with Gasteiger partial charge in [0.05, 0.1) is 6.61 Å². The van der Waals surface area contributed by atoms with E-state index in [1.54, 1.807) is 6.07 Å². The van der Waals surface area contributed by atoms with Gasteiger partial charge in [0.15, 0.2) is 5.84 Å². The van der Waals surface area contributed by atoms with Crippen LogP contribution in [0.15, 0.2) is 23.4 Å². The molecule has 0 aromatic heterocycles. The van der Waals surface area contributed by atoms with Crippen LogP contribution >= 0.6 is 0 Å². The van der Waals surface area contributed by atoms with Gasteiger partial charge in [-0.15, -0.1) is 0 Å². The summed E-state index contributed by atoms with van der Waals surface area (Å²) in [6, 6.07) is 4.21. The number of halogens is 1. The van der Waals surface area contributed by atoms with Crippen molar-refractivity contribution >= 4 is 5.84 Å². The lowest BCUT2D eigenvalue weighted by atomic mass is 10.1. The van der Waals surface area contributed by atoms with Crippen molar-refractivity contribution in [2.45, 2.75) is 19.5 Å². The lowest BCUT2D eigenvalue weighted by Gasteiger charge is -2.23. The largest absolute Gasteiger partial charge is 0.409 e. The van der Waals surface area contributed by atoms with Crippen LogP contribution in [0.2, 0.25) is 0 Å². The number of benzene rings is 1. The van der Waals surface area contributed by atoms with Crippen molar-refractivity contribution in [2.24, 2.45) is 10.9 Å². The predicted octanol–water partition coefficient (Wildman–Crippen LogP) is 0.733. The van der Waals surface area contributed by atoms with Gasteiger partial charge in [0.25, 0.3) is 0 Å². The molecular weight excluding hydrogens is 237 g/mol. The van der Waals surface area contributed by atoms with E-state index in [0.717, 1.165) is 0 Å². The van der Waals surface area contributed by atoms with Crippen molar-refractivity contribution in [1.82, 2.24) is 4.90 Å². The van der Waals surface area contributed by atoms with Crippen molar-refractivity contribution in [1.29, 1.82) is 0 Å². The molecule has 0 saturated heterocycles. The summed E-state index contributed by atoms with van der Waals surface area (Å²) in [6.07, 6.45) is 0. The van der Waals surface area contributed by atoms with Crippen LogP contribution in [0.25, 0.3) is 0 Å². The highest BCUT2D eigenvalue weighted by Gasteiger charge is 2.10. The normalized spacial score (nSPS) is 13.9. The first-order chi connectivity index (χ1) is 8.47. The van der Waals surface area contributed by atoms with E-state index in [1.807, 2.05) is 18.9 Å². The molecule has 0 aliphatic rings. The molecule has 0 amide bonds. The van der Waals surface area contributed by atoms with Crippen LogP contribution < -0.4 is 5.73 Å². The van der Waals surface area contributed by atoms with E-state index >= 15 is 0 Å². The molecule has 0 heterocycles. The van der Waals surface area contributed by atoms with Gasteiger partial charge in [-0.3, -0.25) is 4.90 Å². The summed E-state index contributed by atoms with van der Waals surface area (Å²) < 4.78 is 13.4. The average molecular weight is 255 g/mol. The second-order valence-electron chi connectivity index (χ2n) is 4.28. The van der Waals surface area contributed by atoms with Crippen LogP contribution in [-0.4, -0.2) is 40.7 Å². The molecule has 0 radical (unpaired) electrons. The Labute approximate surface area is 105 Å². The smallest absolute Gasteiger partial charge is 0.170 e. The standard InChI is InChI=1S/C12H18FN3O2/c1-8(7-17)16(2)6-9-3-10(12(14)15-18)5-11(13)4-9/h3-5,8,17-18H,6-7H2,1-2H3,(H2,14,15). The van der Waals surface area contributed by atoms with E-state index < -0.39 is 5.82 Å². The van der Waals surface area contributed by atoms with Crippen molar-refractivity contribution in [3.63, 3.8) is 0 Å². The second kappa shape index (κ2) is 6.32. The van der Waals surface area contributed by atoms with E-state index in [0.29, 0.717) is 17.7 Å². The van der Waals surface area contributed by atoms with Crippen LogP contribution in [0.3, 0.4) is 0 Å². The highest BCUT2D eigenvalue weighted by atomic mass is 19.1. The molecular formula is C12H18FN3O2. The first-order valence-corrected chi connectivity index (χ1v) is 5.56. The minimum absolute atomic E-state index is 0.0267. The molecule has 0 fully saturated rings. The van der Waals surface area contributed by atoms with Crippen molar-refractivity contribution in [2.75, 3.05) is 13.7 Å². The Kier molecular flexibility index (Phi) is 5.06. The maximum absolute atomic E-state index is 13.4. The summed E-state index contributed by atoms with van der Waals surface area (Å²) in [5, 5.41) is 20.5. The molecule has 0 spiro atoms. The van der Waals surface area contributed by atoms with Crippen LogP contribution in [0.5, 0.6) is 0 Å². The molecule has 1 unspecified atom stereocenters. The van der Waals surface area contributed by atoms with Crippen LogP contribution in [0.1, 0.15) is 18.1 Å². The van der Waals surface area contributed by atoms with Gasteiger partial charge >= 0.3 is 0 Å². The van der Waals surface area contributed by atoms with Gasteiger partial charge in [0.1, 0.15) is 5.82 Å². The number of nitrogens with two attached hydrogens (primary N) is 1. The molecule has 0 aliphatic heterocycles. The van der Waals surface area contributed by atoms with E-state index in [4.69, 9.17) is 16.0 Å². The fraction of sp³-hybridized carbons (Fsp3) is 0.417. The maximum atomic E-state index is 13.4. The zero-order chi connectivity index (χ0) is 13.7. The average Bonchev–Trinajstić information content (AvgIpc) is 2.35. The number of hydrogen-bond acceptors (Lipinski definition) is 4. The van der Waals surface area contributed by atoms with Gasteiger partial charge in [0, 0.05) is 18.2 Å². The molecule has 0 saturated carbocycles.